The van der Waals surface area contributed by atoms with Crippen molar-refractivity contribution < 1.29 is 13.9 Å². The highest BCUT2D eigenvalue weighted by Crippen LogP contribution is 2.27. The predicted octanol–water partition coefficient (Wildman–Crippen LogP) is 4.02. The number of ether oxygens (including phenoxy) is 1. The Labute approximate surface area is 138 Å². The van der Waals surface area contributed by atoms with Crippen LogP contribution in [0.2, 0.25) is 0 Å². The highest BCUT2D eigenvalue weighted by Gasteiger charge is 2.17. The molecule has 0 atom stereocenters. The van der Waals surface area contributed by atoms with Gasteiger partial charge in [-0.2, -0.15) is 0 Å². The number of amides is 1. The molecule has 0 unspecified atom stereocenters. The van der Waals surface area contributed by atoms with Gasteiger partial charge in [-0.15, -0.1) is 0 Å². The van der Waals surface area contributed by atoms with Crippen LogP contribution in [0.4, 0.5) is 0 Å². The molecule has 1 aromatic carbocycles. The molecule has 2 aromatic rings. The van der Waals surface area contributed by atoms with Crippen molar-refractivity contribution in [3.63, 3.8) is 0 Å². The van der Waals surface area contributed by atoms with Crippen molar-refractivity contribution in [1.29, 1.82) is 0 Å². The van der Waals surface area contributed by atoms with E-state index in [-0.39, 0.29) is 5.91 Å². The summed E-state index contributed by atoms with van der Waals surface area (Å²) in [6, 6.07) is 8.00. The van der Waals surface area contributed by atoms with Gasteiger partial charge in [0.15, 0.2) is 0 Å². The van der Waals surface area contributed by atoms with Crippen LogP contribution in [0.3, 0.4) is 0 Å². The van der Waals surface area contributed by atoms with Crippen molar-refractivity contribution in [3.05, 3.63) is 35.6 Å². The highest BCUT2D eigenvalue weighted by molar-refractivity contribution is 5.83. The van der Waals surface area contributed by atoms with Gasteiger partial charge in [-0.1, -0.05) is 39.0 Å². The van der Waals surface area contributed by atoms with Crippen LogP contribution in [0.25, 0.3) is 11.0 Å². The van der Waals surface area contributed by atoms with Gasteiger partial charge in [0.05, 0.1) is 13.0 Å². The van der Waals surface area contributed by atoms with Crippen molar-refractivity contribution >= 4 is 16.9 Å². The molecule has 1 amide bonds. The maximum Gasteiger partial charge on any atom is 0.224 e. The Kier molecular flexibility index (Phi) is 6.22. The fraction of sp³-hybridized carbons (Fsp3) is 0.526. The SMILES string of the molecule is CCc1oc2ccccc2c1CN(C)C(=O)CCOCC(C)C. The molecule has 1 heterocycles. The van der Waals surface area contributed by atoms with Gasteiger partial charge < -0.3 is 14.1 Å². The number of rotatable bonds is 8. The number of carbonyl (C=O) groups excluding carboxylic acids is 1. The van der Waals surface area contributed by atoms with Crippen molar-refractivity contribution in [1.82, 2.24) is 4.90 Å². The molecule has 1 aromatic heterocycles. The topological polar surface area (TPSA) is 42.7 Å². The van der Waals surface area contributed by atoms with Crippen LogP contribution in [-0.2, 0) is 22.5 Å². The summed E-state index contributed by atoms with van der Waals surface area (Å²) in [4.78, 5) is 14.0. The number of nitrogens with zero attached hydrogens (tertiary/aromatic N) is 1. The number of para-hydroxylation sites is 1. The first-order valence-corrected chi connectivity index (χ1v) is 8.33. The third kappa shape index (κ3) is 4.58. The lowest BCUT2D eigenvalue weighted by Gasteiger charge is -2.17. The van der Waals surface area contributed by atoms with Crippen LogP contribution in [-0.4, -0.2) is 31.1 Å². The first-order valence-electron chi connectivity index (χ1n) is 8.33. The monoisotopic (exact) mass is 317 g/mol. The number of carbonyl (C=O) groups is 1. The molecule has 0 aliphatic rings. The summed E-state index contributed by atoms with van der Waals surface area (Å²) in [6.45, 7) is 8.03. The van der Waals surface area contributed by atoms with E-state index in [9.17, 15) is 4.79 Å². The first-order chi connectivity index (χ1) is 11.0. The van der Waals surface area contributed by atoms with Crippen molar-refractivity contribution in [2.45, 2.75) is 40.2 Å². The van der Waals surface area contributed by atoms with E-state index >= 15 is 0 Å². The average molecular weight is 317 g/mol. The average Bonchev–Trinajstić information content (AvgIpc) is 2.89. The van der Waals surface area contributed by atoms with E-state index in [4.69, 9.17) is 9.15 Å². The molecule has 23 heavy (non-hydrogen) atoms. The summed E-state index contributed by atoms with van der Waals surface area (Å²) in [7, 11) is 1.84. The zero-order chi connectivity index (χ0) is 16.8. The predicted molar refractivity (Wildman–Crippen MR) is 92.3 cm³/mol. The van der Waals surface area contributed by atoms with E-state index in [1.807, 2.05) is 25.2 Å². The van der Waals surface area contributed by atoms with E-state index in [2.05, 4.69) is 26.8 Å². The molecule has 0 saturated heterocycles. The molecule has 4 heteroatoms. The summed E-state index contributed by atoms with van der Waals surface area (Å²) in [5.41, 5.74) is 2.00. The zero-order valence-corrected chi connectivity index (χ0v) is 14.6. The lowest BCUT2D eigenvalue weighted by molar-refractivity contribution is -0.131. The lowest BCUT2D eigenvalue weighted by Crippen LogP contribution is -2.27. The minimum absolute atomic E-state index is 0.0982. The van der Waals surface area contributed by atoms with Crippen LogP contribution in [0, 0.1) is 5.92 Å². The maximum absolute atomic E-state index is 12.3. The van der Waals surface area contributed by atoms with Crippen LogP contribution in [0.5, 0.6) is 0 Å². The molecule has 0 saturated carbocycles. The number of hydrogen-bond donors (Lipinski definition) is 0. The molecule has 126 valence electrons. The number of benzene rings is 1. The second kappa shape index (κ2) is 8.16. The Morgan fingerprint density at radius 3 is 2.74 bits per heavy atom. The van der Waals surface area contributed by atoms with Crippen LogP contribution < -0.4 is 0 Å². The van der Waals surface area contributed by atoms with E-state index in [1.54, 1.807) is 4.90 Å². The highest BCUT2D eigenvalue weighted by atomic mass is 16.5. The Morgan fingerprint density at radius 1 is 1.30 bits per heavy atom. The fourth-order valence-corrected chi connectivity index (χ4v) is 2.60. The Balaban J connectivity index is 1.99. The molecule has 0 aliphatic heterocycles. The molecule has 0 fully saturated rings. The smallest absolute Gasteiger partial charge is 0.224 e. The summed E-state index contributed by atoms with van der Waals surface area (Å²) in [6.07, 6.45) is 1.24. The molecule has 0 bridgehead atoms. The summed E-state index contributed by atoms with van der Waals surface area (Å²) >= 11 is 0. The van der Waals surface area contributed by atoms with Gasteiger partial charge in [0, 0.05) is 37.6 Å². The summed E-state index contributed by atoms with van der Waals surface area (Å²) < 4.78 is 11.4. The Hall–Kier alpha value is -1.81. The van der Waals surface area contributed by atoms with Gasteiger partial charge in [-0.05, 0) is 12.0 Å². The quantitative estimate of drug-likeness (QED) is 0.691. The van der Waals surface area contributed by atoms with E-state index in [1.165, 1.54) is 0 Å². The van der Waals surface area contributed by atoms with Crippen LogP contribution >= 0.6 is 0 Å². The van der Waals surface area contributed by atoms with Crippen LogP contribution in [0.15, 0.2) is 28.7 Å². The second-order valence-electron chi connectivity index (χ2n) is 6.32. The van der Waals surface area contributed by atoms with Crippen molar-refractivity contribution in [2.75, 3.05) is 20.3 Å². The Morgan fingerprint density at radius 2 is 2.04 bits per heavy atom. The first kappa shape index (κ1) is 17.5. The molecule has 0 aliphatic carbocycles. The van der Waals surface area contributed by atoms with Gasteiger partial charge in [0.25, 0.3) is 0 Å². The van der Waals surface area contributed by atoms with Gasteiger partial charge in [-0.3, -0.25) is 4.79 Å². The number of fused-ring (bicyclic) bond motifs is 1. The van der Waals surface area contributed by atoms with Crippen LogP contribution in [0.1, 0.15) is 38.5 Å². The Bertz CT molecular complexity index is 645. The minimum atomic E-state index is 0.0982. The maximum atomic E-state index is 12.3. The largest absolute Gasteiger partial charge is 0.461 e. The van der Waals surface area contributed by atoms with E-state index < -0.39 is 0 Å². The number of furan rings is 1. The van der Waals surface area contributed by atoms with E-state index in [0.29, 0.717) is 32.1 Å². The summed E-state index contributed by atoms with van der Waals surface area (Å²) in [5, 5.41) is 1.10. The molecular formula is C19H27NO3. The number of hydrogen-bond acceptors (Lipinski definition) is 3. The molecule has 0 radical (unpaired) electrons. The fourth-order valence-electron chi connectivity index (χ4n) is 2.60. The molecular weight excluding hydrogens is 290 g/mol. The standard InChI is InChI=1S/C19H27NO3/c1-5-17-16(15-8-6-7-9-18(15)23-17)12-20(4)19(21)10-11-22-13-14(2)3/h6-9,14H,5,10-13H2,1-4H3. The molecule has 0 spiro atoms. The van der Waals surface area contributed by atoms with Gasteiger partial charge in [0.1, 0.15) is 11.3 Å². The van der Waals surface area contributed by atoms with Gasteiger partial charge >= 0.3 is 0 Å². The van der Waals surface area contributed by atoms with Crippen molar-refractivity contribution in [2.24, 2.45) is 5.92 Å². The molecule has 4 nitrogen and oxygen atoms in total. The molecule has 2 rings (SSSR count). The number of aryl methyl sites for hydroxylation is 1. The van der Waals surface area contributed by atoms with Gasteiger partial charge in [0.2, 0.25) is 5.91 Å². The second-order valence-corrected chi connectivity index (χ2v) is 6.32. The van der Waals surface area contributed by atoms with E-state index in [0.717, 1.165) is 28.7 Å². The third-order valence-corrected chi connectivity index (χ3v) is 3.84. The summed E-state index contributed by atoms with van der Waals surface area (Å²) in [5.74, 6) is 1.55. The van der Waals surface area contributed by atoms with Crippen molar-refractivity contribution in [3.8, 4) is 0 Å². The zero-order valence-electron chi connectivity index (χ0n) is 14.6. The normalized spacial score (nSPS) is 11.3. The molecule has 0 N–H and O–H groups in total. The lowest BCUT2D eigenvalue weighted by atomic mass is 10.1. The third-order valence-electron chi connectivity index (χ3n) is 3.84. The minimum Gasteiger partial charge on any atom is -0.461 e. The van der Waals surface area contributed by atoms with Gasteiger partial charge in [-0.25, -0.2) is 0 Å².